The highest BCUT2D eigenvalue weighted by Crippen LogP contribution is 2.15. The number of aromatic nitrogens is 1. The zero-order chi connectivity index (χ0) is 20.7. The van der Waals surface area contributed by atoms with E-state index in [0.29, 0.717) is 15.7 Å². The molecule has 3 N–H and O–H groups in total. The minimum atomic E-state index is -1.22. The number of hydrogen-bond donors (Lipinski definition) is 3. The minimum Gasteiger partial charge on any atom is -0.480 e. The highest BCUT2D eigenvalue weighted by atomic mass is 79.9. The fourth-order valence-corrected chi connectivity index (χ4v) is 2.99. The third-order valence-corrected chi connectivity index (χ3v) is 4.64. The fourth-order valence-electron chi connectivity index (χ4n) is 2.57. The number of carbonyl (C=O) groups is 3. The van der Waals surface area contributed by atoms with Crippen LogP contribution in [0.25, 0.3) is 0 Å². The molecule has 0 saturated carbocycles. The van der Waals surface area contributed by atoms with Gasteiger partial charge in [0.1, 0.15) is 22.5 Å². The lowest BCUT2D eigenvalue weighted by atomic mass is 10.0. The Hall–Kier alpha value is -2.81. The lowest BCUT2D eigenvalue weighted by molar-refractivity contribution is -0.142. The summed E-state index contributed by atoms with van der Waals surface area (Å²) in [5.41, 5.74) is 1.24. The van der Waals surface area contributed by atoms with Gasteiger partial charge in [0.2, 0.25) is 11.8 Å². The zero-order valence-electron chi connectivity index (χ0n) is 15.0. The van der Waals surface area contributed by atoms with Crippen molar-refractivity contribution in [1.82, 2.24) is 15.6 Å². The van der Waals surface area contributed by atoms with Gasteiger partial charge in [0.15, 0.2) is 0 Å². The molecule has 0 aliphatic heterocycles. The molecule has 2 amide bonds. The second kappa shape index (κ2) is 9.93. The van der Waals surface area contributed by atoms with Crippen LogP contribution < -0.4 is 10.6 Å². The molecule has 0 aliphatic carbocycles. The first-order valence-corrected chi connectivity index (χ1v) is 9.19. The van der Waals surface area contributed by atoms with Crippen LogP contribution in [0.4, 0.5) is 4.39 Å². The summed E-state index contributed by atoms with van der Waals surface area (Å²) < 4.78 is 13.6. The molecule has 0 unspecified atom stereocenters. The van der Waals surface area contributed by atoms with Gasteiger partial charge in [-0.05, 0) is 45.3 Å². The van der Waals surface area contributed by atoms with Gasteiger partial charge in [0, 0.05) is 26.0 Å². The number of carboxylic acids is 1. The Labute approximate surface area is 169 Å². The first kappa shape index (κ1) is 21.5. The lowest BCUT2D eigenvalue weighted by Gasteiger charge is -2.21. The number of benzene rings is 1. The van der Waals surface area contributed by atoms with E-state index in [1.54, 1.807) is 18.3 Å². The summed E-state index contributed by atoms with van der Waals surface area (Å²) in [6, 6.07) is 6.64. The van der Waals surface area contributed by atoms with Gasteiger partial charge in [-0.15, -0.1) is 0 Å². The average molecular weight is 452 g/mol. The Morgan fingerprint density at radius 1 is 1.11 bits per heavy atom. The maximum Gasteiger partial charge on any atom is 0.326 e. The summed E-state index contributed by atoms with van der Waals surface area (Å²) in [5.74, 6) is -2.72. The topological polar surface area (TPSA) is 108 Å². The number of nitrogens with zero attached hydrogens (tertiary/aromatic N) is 1. The number of carboxylic acid groups (broad SMARTS) is 1. The molecule has 0 radical (unpaired) electrons. The third-order valence-electron chi connectivity index (χ3n) is 3.92. The van der Waals surface area contributed by atoms with E-state index in [1.807, 2.05) is 0 Å². The number of hydrogen-bond acceptors (Lipinski definition) is 4. The summed E-state index contributed by atoms with van der Waals surface area (Å²) in [6.45, 7) is 1.26. The second-order valence-corrected chi connectivity index (χ2v) is 6.89. The van der Waals surface area contributed by atoms with Crippen LogP contribution in [0.15, 0.2) is 47.2 Å². The number of nitrogens with one attached hydrogen (secondary N) is 2. The fraction of sp³-hybridized carbons (Fsp3) is 0.263. The number of halogens is 2. The largest absolute Gasteiger partial charge is 0.480 e. The zero-order valence-corrected chi connectivity index (χ0v) is 16.6. The van der Waals surface area contributed by atoms with E-state index in [9.17, 15) is 23.9 Å². The quantitative estimate of drug-likeness (QED) is 0.530. The summed E-state index contributed by atoms with van der Waals surface area (Å²) in [7, 11) is 0. The second-order valence-electron chi connectivity index (χ2n) is 6.14. The molecule has 1 heterocycles. The predicted octanol–water partition coefficient (Wildman–Crippen LogP) is 1.84. The summed E-state index contributed by atoms with van der Waals surface area (Å²) in [4.78, 5) is 39.8. The van der Waals surface area contributed by atoms with Gasteiger partial charge < -0.3 is 15.7 Å². The van der Waals surface area contributed by atoms with Crippen LogP contribution >= 0.6 is 15.9 Å². The molecule has 148 valence electrons. The molecule has 7 nitrogen and oxygen atoms in total. The van der Waals surface area contributed by atoms with E-state index in [1.165, 1.54) is 31.2 Å². The average Bonchev–Trinajstić information content (AvgIpc) is 2.63. The molecule has 0 saturated heterocycles. The highest BCUT2D eigenvalue weighted by Gasteiger charge is 2.27. The Kier molecular flexibility index (Phi) is 7.62. The summed E-state index contributed by atoms with van der Waals surface area (Å²) >= 11 is 3.25. The molecular weight excluding hydrogens is 433 g/mol. The third kappa shape index (κ3) is 6.41. The molecule has 1 aromatic heterocycles. The van der Waals surface area contributed by atoms with Gasteiger partial charge in [0.05, 0.1) is 0 Å². The smallest absolute Gasteiger partial charge is 0.326 e. The number of carbonyl (C=O) groups excluding carboxylic acids is 2. The highest BCUT2D eigenvalue weighted by molar-refractivity contribution is 9.10. The monoisotopic (exact) mass is 451 g/mol. The standard InChI is InChI=1S/C19H19BrFN3O4/c1-11(25)23-15(9-12-4-6-14(21)7-5-12)18(26)24-16(19(27)28)10-13-3-2-8-22-17(13)20/h2-8,15-16H,9-10H2,1H3,(H,23,25)(H,24,26)(H,27,28)/t15-,16+/m0/s1. The van der Waals surface area contributed by atoms with Gasteiger partial charge in [-0.25, -0.2) is 14.2 Å². The van der Waals surface area contributed by atoms with E-state index in [0.717, 1.165) is 0 Å². The Balaban J connectivity index is 2.14. The van der Waals surface area contributed by atoms with Crippen molar-refractivity contribution in [1.29, 1.82) is 0 Å². The number of pyridine rings is 1. The van der Waals surface area contributed by atoms with Crippen molar-refractivity contribution in [2.75, 3.05) is 0 Å². The van der Waals surface area contributed by atoms with E-state index in [-0.39, 0.29) is 12.8 Å². The number of rotatable bonds is 8. The molecule has 0 aliphatic rings. The number of amides is 2. The molecule has 28 heavy (non-hydrogen) atoms. The Morgan fingerprint density at radius 2 is 1.79 bits per heavy atom. The van der Waals surface area contributed by atoms with Crippen molar-refractivity contribution < 1.29 is 23.9 Å². The van der Waals surface area contributed by atoms with Crippen LogP contribution in [0.3, 0.4) is 0 Å². The normalized spacial score (nSPS) is 12.7. The molecule has 0 spiro atoms. The molecule has 2 atom stereocenters. The van der Waals surface area contributed by atoms with Crippen LogP contribution in [0.1, 0.15) is 18.1 Å². The van der Waals surface area contributed by atoms with Crippen LogP contribution in [0, 0.1) is 5.82 Å². The molecular formula is C19H19BrFN3O4. The molecule has 0 fully saturated rings. The maximum absolute atomic E-state index is 13.1. The van der Waals surface area contributed by atoms with Gasteiger partial charge in [-0.1, -0.05) is 18.2 Å². The van der Waals surface area contributed by atoms with E-state index >= 15 is 0 Å². The van der Waals surface area contributed by atoms with Crippen LogP contribution in [0.2, 0.25) is 0 Å². The van der Waals surface area contributed by atoms with Gasteiger partial charge in [-0.2, -0.15) is 0 Å². The maximum atomic E-state index is 13.1. The lowest BCUT2D eigenvalue weighted by Crippen LogP contribution is -2.52. The Morgan fingerprint density at radius 3 is 2.36 bits per heavy atom. The van der Waals surface area contributed by atoms with Gasteiger partial charge >= 0.3 is 5.97 Å². The van der Waals surface area contributed by atoms with E-state index in [2.05, 4.69) is 31.5 Å². The van der Waals surface area contributed by atoms with Crippen molar-refractivity contribution in [3.8, 4) is 0 Å². The molecule has 0 bridgehead atoms. The van der Waals surface area contributed by atoms with Gasteiger partial charge in [-0.3, -0.25) is 9.59 Å². The summed E-state index contributed by atoms with van der Waals surface area (Å²) in [5, 5.41) is 14.4. The van der Waals surface area contributed by atoms with Crippen molar-refractivity contribution in [3.05, 3.63) is 64.1 Å². The van der Waals surface area contributed by atoms with Crippen LogP contribution in [0.5, 0.6) is 0 Å². The molecule has 2 rings (SSSR count). The van der Waals surface area contributed by atoms with Crippen LogP contribution in [-0.4, -0.2) is 40.0 Å². The van der Waals surface area contributed by atoms with Crippen molar-refractivity contribution in [3.63, 3.8) is 0 Å². The predicted molar refractivity (Wildman–Crippen MR) is 103 cm³/mol. The van der Waals surface area contributed by atoms with Gasteiger partial charge in [0.25, 0.3) is 0 Å². The van der Waals surface area contributed by atoms with Crippen molar-refractivity contribution >= 4 is 33.7 Å². The minimum absolute atomic E-state index is 0.0127. The SMILES string of the molecule is CC(=O)N[C@@H](Cc1ccc(F)cc1)C(=O)N[C@H](Cc1cccnc1Br)C(=O)O. The van der Waals surface area contributed by atoms with Crippen molar-refractivity contribution in [2.45, 2.75) is 31.8 Å². The first-order valence-electron chi connectivity index (χ1n) is 8.40. The Bertz CT molecular complexity index is 861. The summed E-state index contributed by atoms with van der Waals surface area (Å²) in [6.07, 6.45) is 1.66. The number of aliphatic carboxylic acids is 1. The van der Waals surface area contributed by atoms with Crippen molar-refractivity contribution in [2.24, 2.45) is 0 Å². The van der Waals surface area contributed by atoms with E-state index < -0.39 is 35.7 Å². The molecule has 2 aromatic rings. The molecule has 1 aromatic carbocycles. The van der Waals surface area contributed by atoms with E-state index in [4.69, 9.17) is 0 Å². The van der Waals surface area contributed by atoms with Crippen LogP contribution in [-0.2, 0) is 27.2 Å². The molecule has 9 heteroatoms. The first-order chi connectivity index (χ1) is 13.3.